The Morgan fingerprint density at radius 2 is 1.93 bits per heavy atom. The smallest absolute Gasteiger partial charge is 0.407 e. The van der Waals surface area contributed by atoms with E-state index in [4.69, 9.17) is 8.92 Å². The number of amides is 1. The van der Waals surface area contributed by atoms with E-state index in [1.165, 1.54) is 0 Å². The molecule has 1 heterocycles. The van der Waals surface area contributed by atoms with Crippen LogP contribution in [0.25, 0.3) is 0 Å². The summed E-state index contributed by atoms with van der Waals surface area (Å²) in [6.07, 6.45) is 0.0434. The minimum absolute atomic E-state index is 0.351. The number of ether oxygens (including phenoxy) is 1. The number of nitrogens with zero attached hydrogens (tertiary/aromatic N) is 3. The van der Waals surface area contributed by atoms with E-state index >= 15 is 0 Å². The van der Waals surface area contributed by atoms with E-state index in [-0.39, 0.29) is 0 Å². The predicted molar refractivity (Wildman–Crippen MR) is 115 cm³/mol. The standard InChI is InChI=1S/C18H33BrN4O5S/c1-8-23(9-2,14(3)28-29(7,25)26)13-15-12-16(19)21-22(15)11-10-20-17(24)27-18(4,5)6/h12,14H,8-11,13H2,1-7H3/p+1. The first-order valence-corrected chi connectivity index (χ1v) is 12.3. The van der Waals surface area contributed by atoms with Gasteiger partial charge in [-0.2, -0.15) is 13.5 Å². The molecule has 0 spiro atoms. The third kappa shape index (κ3) is 8.61. The van der Waals surface area contributed by atoms with Crippen LogP contribution < -0.4 is 5.32 Å². The second-order valence-electron chi connectivity index (χ2n) is 8.02. The van der Waals surface area contributed by atoms with Crippen LogP contribution in [0, 0.1) is 0 Å². The fraction of sp³-hybridized carbons (Fsp3) is 0.778. The van der Waals surface area contributed by atoms with Crippen LogP contribution in [-0.2, 0) is 32.1 Å². The number of rotatable bonds is 10. The van der Waals surface area contributed by atoms with Crippen molar-refractivity contribution in [3.8, 4) is 0 Å². The van der Waals surface area contributed by atoms with Gasteiger partial charge in [-0.25, -0.2) is 8.98 Å². The molecule has 0 radical (unpaired) electrons. The summed E-state index contributed by atoms with van der Waals surface area (Å²) in [6.45, 7) is 13.9. The molecule has 1 amide bonds. The van der Waals surface area contributed by atoms with E-state index in [0.717, 1.165) is 11.9 Å². The molecule has 0 bridgehead atoms. The molecule has 11 heteroatoms. The minimum Gasteiger partial charge on any atom is -0.444 e. The predicted octanol–water partition coefficient (Wildman–Crippen LogP) is 2.85. The molecule has 1 rings (SSSR count). The van der Waals surface area contributed by atoms with Gasteiger partial charge in [0, 0.05) is 13.5 Å². The minimum atomic E-state index is -3.57. The van der Waals surface area contributed by atoms with Gasteiger partial charge in [-0.3, -0.25) is 9.16 Å². The number of aromatic nitrogens is 2. The fourth-order valence-electron chi connectivity index (χ4n) is 3.08. The van der Waals surface area contributed by atoms with Gasteiger partial charge in [0.1, 0.15) is 16.7 Å². The highest BCUT2D eigenvalue weighted by Gasteiger charge is 2.35. The monoisotopic (exact) mass is 497 g/mol. The number of carbonyl (C=O) groups excluding carboxylic acids is 1. The molecule has 9 nitrogen and oxygen atoms in total. The summed E-state index contributed by atoms with van der Waals surface area (Å²) in [6, 6.07) is 1.90. The Labute approximate surface area is 182 Å². The first kappa shape index (κ1) is 25.9. The third-order valence-electron chi connectivity index (χ3n) is 4.65. The molecule has 0 aliphatic rings. The topological polar surface area (TPSA) is 99.5 Å². The van der Waals surface area contributed by atoms with Crippen molar-refractivity contribution >= 4 is 32.1 Å². The third-order valence-corrected chi connectivity index (χ3v) is 5.66. The van der Waals surface area contributed by atoms with Crippen molar-refractivity contribution in [1.82, 2.24) is 15.1 Å². The molecule has 1 N–H and O–H groups in total. The maximum Gasteiger partial charge on any atom is 0.407 e. The van der Waals surface area contributed by atoms with E-state index in [2.05, 4.69) is 26.3 Å². The van der Waals surface area contributed by atoms with E-state index in [0.29, 0.717) is 41.8 Å². The summed E-state index contributed by atoms with van der Waals surface area (Å²) in [4.78, 5) is 11.8. The normalized spacial score (nSPS) is 13.9. The largest absolute Gasteiger partial charge is 0.444 e. The van der Waals surface area contributed by atoms with Crippen LogP contribution in [-0.4, -0.2) is 66.5 Å². The van der Waals surface area contributed by atoms with E-state index in [1.807, 2.05) is 40.7 Å². The van der Waals surface area contributed by atoms with E-state index in [1.54, 1.807) is 11.6 Å². The summed E-state index contributed by atoms with van der Waals surface area (Å²) in [5, 5.41) is 7.16. The molecule has 0 aliphatic carbocycles. The maximum atomic E-state index is 11.8. The van der Waals surface area contributed by atoms with Crippen molar-refractivity contribution in [2.45, 2.75) is 66.5 Å². The second-order valence-corrected chi connectivity index (χ2v) is 10.4. The molecule has 0 saturated carbocycles. The molecule has 1 aromatic heterocycles. The highest BCUT2D eigenvalue weighted by molar-refractivity contribution is 9.10. The summed E-state index contributed by atoms with van der Waals surface area (Å²) in [5.41, 5.74) is 0.356. The Morgan fingerprint density at radius 3 is 2.41 bits per heavy atom. The zero-order chi connectivity index (χ0) is 22.5. The molecule has 1 atom stereocenters. The lowest BCUT2D eigenvalue weighted by molar-refractivity contribution is -0.975. The Bertz CT molecular complexity index is 785. The van der Waals surface area contributed by atoms with Gasteiger partial charge < -0.3 is 10.1 Å². The number of alkyl carbamates (subject to hydrolysis) is 1. The lowest BCUT2D eigenvalue weighted by atomic mass is 10.2. The molecule has 1 aromatic rings. The number of hydrogen-bond donors (Lipinski definition) is 1. The van der Waals surface area contributed by atoms with E-state index < -0.39 is 28.0 Å². The van der Waals surface area contributed by atoms with Crippen LogP contribution in [0.5, 0.6) is 0 Å². The molecular weight excluding hydrogens is 464 g/mol. The van der Waals surface area contributed by atoms with Crippen molar-refractivity contribution in [3.05, 3.63) is 16.4 Å². The number of nitrogens with one attached hydrogen (secondary N) is 1. The molecule has 0 saturated heterocycles. The zero-order valence-corrected chi connectivity index (χ0v) is 20.8. The summed E-state index contributed by atoms with van der Waals surface area (Å²) >= 11 is 3.40. The highest BCUT2D eigenvalue weighted by Crippen LogP contribution is 2.23. The molecule has 1 unspecified atom stereocenters. The van der Waals surface area contributed by atoms with Gasteiger partial charge in [0.05, 0.1) is 31.6 Å². The quantitative estimate of drug-likeness (QED) is 0.303. The summed E-state index contributed by atoms with van der Waals surface area (Å²) in [7, 11) is -3.57. The summed E-state index contributed by atoms with van der Waals surface area (Å²) < 4.78 is 36.7. The van der Waals surface area contributed by atoms with Gasteiger partial charge in [-0.05, 0) is 56.6 Å². The van der Waals surface area contributed by atoms with Crippen molar-refractivity contribution in [3.63, 3.8) is 0 Å². The average Bonchev–Trinajstić information content (AvgIpc) is 2.88. The van der Waals surface area contributed by atoms with Crippen molar-refractivity contribution < 1.29 is 26.6 Å². The van der Waals surface area contributed by atoms with Crippen LogP contribution >= 0.6 is 15.9 Å². The molecule has 0 fully saturated rings. The van der Waals surface area contributed by atoms with Crippen LogP contribution in [0.4, 0.5) is 4.79 Å². The fourth-order valence-corrected chi connectivity index (χ4v) is 4.22. The van der Waals surface area contributed by atoms with Gasteiger partial charge in [-0.1, -0.05) is 0 Å². The maximum absolute atomic E-state index is 11.8. The Kier molecular flexibility index (Phi) is 9.12. The van der Waals surface area contributed by atoms with Gasteiger partial charge in [-0.15, -0.1) is 0 Å². The van der Waals surface area contributed by atoms with Gasteiger partial charge in [0.25, 0.3) is 10.1 Å². The Hall–Kier alpha value is -1.17. The van der Waals surface area contributed by atoms with Crippen LogP contribution in [0.15, 0.2) is 10.7 Å². The second kappa shape index (κ2) is 10.2. The Morgan fingerprint density at radius 1 is 1.34 bits per heavy atom. The number of quaternary nitrogens is 1. The molecular formula is C18H34BrN4O5S+. The van der Waals surface area contributed by atoms with Crippen molar-refractivity contribution in [2.24, 2.45) is 0 Å². The Balaban J connectivity index is 2.91. The summed E-state index contributed by atoms with van der Waals surface area (Å²) in [5.74, 6) is 0. The number of carbonyl (C=O) groups is 1. The zero-order valence-electron chi connectivity index (χ0n) is 18.4. The number of halogens is 1. The lowest BCUT2D eigenvalue weighted by Crippen LogP contribution is -2.55. The van der Waals surface area contributed by atoms with Gasteiger partial charge in [0.2, 0.25) is 6.23 Å². The number of hydrogen-bond acceptors (Lipinski definition) is 6. The average molecular weight is 498 g/mol. The van der Waals surface area contributed by atoms with Crippen molar-refractivity contribution in [2.75, 3.05) is 25.9 Å². The first-order valence-electron chi connectivity index (χ1n) is 9.64. The highest BCUT2D eigenvalue weighted by atomic mass is 79.9. The molecule has 0 aromatic carbocycles. The SMILES string of the molecule is CC[N+](CC)(Cc1cc(Br)nn1CCNC(=O)OC(C)(C)C)C(C)OS(C)(=O)=O. The van der Waals surface area contributed by atoms with Gasteiger partial charge >= 0.3 is 6.09 Å². The van der Waals surface area contributed by atoms with Gasteiger partial charge in [0.15, 0.2) is 0 Å². The van der Waals surface area contributed by atoms with Crippen LogP contribution in [0.1, 0.15) is 47.2 Å². The lowest BCUT2D eigenvalue weighted by Gasteiger charge is -2.40. The van der Waals surface area contributed by atoms with Crippen LogP contribution in [0.2, 0.25) is 0 Å². The van der Waals surface area contributed by atoms with Crippen molar-refractivity contribution in [1.29, 1.82) is 0 Å². The molecule has 29 heavy (non-hydrogen) atoms. The molecule has 0 aliphatic heterocycles. The van der Waals surface area contributed by atoms with Crippen LogP contribution in [0.3, 0.4) is 0 Å². The first-order chi connectivity index (χ1) is 13.2. The molecule has 168 valence electrons. The van der Waals surface area contributed by atoms with E-state index in [9.17, 15) is 13.2 Å².